The molecule has 0 aliphatic carbocycles. The van der Waals surface area contributed by atoms with Crippen molar-refractivity contribution >= 4 is 5.82 Å². The van der Waals surface area contributed by atoms with Gasteiger partial charge in [0.2, 0.25) is 0 Å². The van der Waals surface area contributed by atoms with Crippen molar-refractivity contribution in [1.82, 2.24) is 4.98 Å². The van der Waals surface area contributed by atoms with E-state index in [1.54, 1.807) is 0 Å². The van der Waals surface area contributed by atoms with Crippen LogP contribution in [-0.4, -0.2) is 49.6 Å². The average molecular weight is 292 g/mol. The lowest BCUT2D eigenvalue weighted by Crippen LogP contribution is -2.40. The number of rotatable bonds is 2. The van der Waals surface area contributed by atoms with Crippen LogP contribution in [0.2, 0.25) is 0 Å². The summed E-state index contributed by atoms with van der Waals surface area (Å²) in [5.41, 5.74) is 1.15. The SMILES string of the molecule is CC.Cc1ccnc2c1OCC1CC(OC3COC3)CN21. The van der Waals surface area contributed by atoms with Gasteiger partial charge in [0, 0.05) is 12.7 Å². The zero-order chi connectivity index (χ0) is 14.8. The van der Waals surface area contributed by atoms with Crippen molar-refractivity contribution in [2.24, 2.45) is 0 Å². The Kier molecular flexibility index (Phi) is 4.31. The molecule has 0 spiro atoms. The molecule has 2 unspecified atom stereocenters. The van der Waals surface area contributed by atoms with E-state index in [9.17, 15) is 0 Å². The zero-order valence-corrected chi connectivity index (χ0v) is 13.0. The van der Waals surface area contributed by atoms with E-state index >= 15 is 0 Å². The van der Waals surface area contributed by atoms with Crippen molar-refractivity contribution < 1.29 is 14.2 Å². The van der Waals surface area contributed by atoms with Gasteiger partial charge in [-0.1, -0.05) is 13.8 Å². The zero-order valence-electron chi connectivity index (χ0n) is 13.0. The lowest BCUT2D eigenvalue weighted by molar-refractivity contribution is -0.150. The summed E-state index contributed by atoms with van der Waals surface area (Å²) in [5.74, 6) is 1.92. The summed E-state index contributed by atoms with van der Waals surface area (Å²) < 4.78 is 17.1. The Hall–Kier alpha value is -1.33. The first-order valence-electron chi connectivity index (χ1n) is 7.89. The third-order valence-corrected chi connectivity index (χ3v) is 4.14. The molecule has 0 aromatic carbocycles. The molecule has 2 fully saturated rings. The van der Waals surface area contributed by atoms with Gasteiger partial charge in [-0.05, 0) is 25.0 Å². The van der Waals surface area contributed by atoms with Gasteiger partial charge in [-0.15, -0.1) is 0 Å². The van der Waals surface area contributed by atoms with E-state index in [1.807, 2.05) is 26.1 Å². The van der Waals surface area contributed by atoms with Crippen LogP contribution < -0.4 is 9.64 Å². The van der Waals surface area contributed by atoms with E-state index in [1.165, 1.54) is 0 Å². The molecule has 2 atom stereocenters. The summed E-state index contributed by atoms with van der Waals surface area (Å²) in [6, 6.07) is 2.39. The van der Waals surface area contributed by atoms with Gasteiger partial charge in [-0.2, -0.15) is 0 Å². The fourth-order valence-electron chi connectivity index (χ4n) is 3.05. The van der Waals surface area contributed by atoms with Gasteiger partial charge in [0.1, 0.15) is 12.7 Å². The van der Waals surface area contributed by atoms with Crippen molar-refractivity contribution in [3.05, 3.63) is 17.8 Å². The maximum Gasteiger partial charge on any atom is 0.172 e. The van der Waals surface area contributed by atoms with E-state index < -0.39 is 0 Å². The van der Waals surface area contributed by atoms with Gasteiger partial charge in [-0.3, -0.25) is 0 Å². The highest BCUT2D eigenvalue weighted by Gasteiger charge is 2.40. The highest BCUT2D eigenvalue weighted by Crippen LogP contribution is 2.39. The number of aromatic nitrogens is 1. The van der Waals surface area contributed by atoms with Crippen molar-refractivity contribution in [2.75, 3.05) is 31.3 Å². The number of anilines is 1. The third kappa shape index (κ3) is 2.72. The Morgan fingerprint density at radius 2 is 2.05 bits per heavy atom. The molecular weight excluding hydrogens is 268 g/mol. The van der Waals surface area contributed by atoms with Crippen LogP contribution in [0.25, 0.3) is 0 Å². The van der Waals surface area contributed by atoms with E-state index in [-0.39, 0.29) is 12.2 Å². The summed E-state index contributed by atoms with van der Waals surface area (Å²) in [6.07, 6.45) is 3.44. The lowest BCUT2D eigenvalue weighted by Gasteiger charge is -2.32. The fourth-order valence-corrected chi connectivity index (χ4v) is 3.05. The van der Waals surface area contributed by atoms with Crippen molar-refractivity contribution in [2.45, 2.75) is 45.4 Å². The normalized spacial score (nSPS) is 26.9. The van der Waals surface area contributed by atoms with E-state index in [4.69, 9.17) is 14.2 Å². The smallest absolute Gasteiger partial charge is 0.172 e. The minimum Gasteiger partial charge on any atom is -0.487 e. The maximum atomic E-state index is 6.03. The monoisotopic (exact) mass is 292 g/mol. The first-order valence-corrected chi connectivity index (χ1v) is 7.89. The first-order chi connectivity index (χ1) is 10.3. The number of nitrogens with zero attached hydrogens (tertiary/aromatic N) is 2. The van der Waals surface area contributed by atoms with Gasteiger partial charge in [0.15, 0.2) is 11.6 Å². The molecule has 5 nitrogen and oxygen atoms in total. The van der Waals surface area contributed by atoms with Crippen LogP contribution in [0.1, 0.15) is 25.8 Å². The average Bonchev–Trinajstić information content (AvgIpc) is 2.89. The molecule has 0 amide bonds. The molecular formula is C16H24N2O3. The van der Waals surface area contributed by atoms with E-state index in [0.717, 1.165) is 49.9 Å². The third-order valence-electron chi connectivity index (χ3n) is 4.14. The molecule has 3 aliphatic rings. The summed E-state index contributed by atoms with van der Waals surface area (Å²) >= 11 is 0. The predicted molar refractivity (Wildman–Crippen MR) is 81.0 cm³/mol. The highest BCUT2D eigenvalue weighted by molar-refractivity contribution is 5.59. The molecule has 4 heterocycles. The number of aryl methyl sites for hydroxylation is 1. The van der Waals surface area contributed by atoms with E-state index in [2.05, 4.69) is 16.8 Å². The summed E-state index contributed by atoms with van der Waals surface area (Å²) in [5, 5.41) is 0. The first kappa shape index (κ1) is 14.6. The number of fused-ring (bicyclic) bond motifs is 3. The summed E-state index contributed by atoms with van der Waals surface area (Å²) in [4.78, 5) is 6.83. The summed E-state index contributed by atoms with van der Waals surface area (Å²) in [6.45, 7) is 9.20. The molecule has 5 heteroatoms. The highest BCUT2D eigenvalue weighted by atomic mass is 16.6. The van der Waals surface area contributed by atoms with Crippen LogP contribution in [0.15, 0.2) is 12.3 Å². The Labute approximate surface area is 126 Å². The standard InChI is InChI=1S/C14H18N2O3.C2H6/c1-9-2-3-15-14-13(9)18-6-10-4-11(5-16(10)14)19-12-7-17-8-12;1-2/h2-3,10-12H,4-8H2,1H3;1-2H3. The fraction of sp³-hybridized carbons (Fsp3) is 0.688. The van der Waals surface area contributed by atoms with Gasteiger partial charge in [-0.25, -0.2) is 4.98 Å². The second-order valence-electron chi connectivity index (χ2n) is 5.55. The van der Waals surface area contributed by atoms with Crippen LogP contribution in [-0.2, 0) is 9.47 Å². The van der Waals surface area contributed by atoms with Crippen LogP contribution in [0.3, 0.4) is 0 Å². The van der Waals surface area contributed by atoms with E-state index in [0.29, 0.717) is 6.04 Å². The quantitative estimate of drug-likeness (QED) is 0.836. The second-order valence-corrected chi connectivity index (χ2v) is 5.55. The molecule has 0 N–H and O–H groups in total. The molecule has 0 radical (unpaired) electrons. The Balaban J connectivity index is 0.000000636. The molecule has 4 rings (SSSR count). The largest absolute Gasteiger partial charge is 0.487 e. The van der Waals surface area contributed by atoms with Crippen LogP contribution >= 0.6 is 0 Å². The number of ether oxygens (including phenoxy) is 3. The number of hydrogen-bond acceptors (Lipinski definition) is 5. The molecule has 1 aromatic heterocycles. The molecule has 21 heavy (non-hydrogen) atoms. The topological polar surface area (TPSA) is 43.8 Å². The molecule has 2 saturated heterocycles. The van der Waals surface area contributed by atoms with Crippen molar-refractivity contribution in [3.8, 4) is 5.75 Å². The molecule has 116 valence electrons. The maximum absolute atomic E-state index is 6.03. The minimum atomic E-state index is 0.274. The summed E-state index contributed by atoms with van der Waals surface area (Å²) in [7, 11) is 0. The predicted octanol–water partition coefficient (Wildman–Crippen LogP) is 2.17. The Morgan fingerprint density at radius 1 is 1.24 bits per heavy atom. The van der Waals surface area contributed by atoms with Gasteiger partial charge in [0.05, 0.1) is 25.4 Å². The Bertz CT molecular complexity index is 490. The lowest BCUT2D eigenvalue weighted by atomic mass is 10.1. The van der Waals surface area contributed by atoms with Gasteiger partial charge >= 0.3 is 0 Å². The number of pyridine rings is 1. The van der Waals surface area contributed by atoms with Gasteiger partial charge < -0.3 is 19.1 Å². The molecule has 3 aliphatic heterocycles. The molecule has 0 bridgehead atoms. The minimum absolute atomic E-state index is 0.274. The molecule has 0 saturated carbocycles. The van der Waals surface area contributed by atoms with Gasteiger partial charge in [0.25, 0.3) is 0 Å². The van der Waals surface area contributed by atoms with Crippen molar-refractivity contribution in [1.29, 1.82) is 0 Å². The van der Waals surface area contributed by atoms with Crippen LogP contribution in [0.4, 0.5) is 5.82 Å². The Morgan fingerprint density at radius 3 is 2.76 bits per heavy atom. The van der Waals surface area contributed by atoms with Crippen LogP contribution in [0.5, 0.6) is 5.75 Å². The van der Waals surface area contributed by atoms with Crippen molar-refractivity contribution in [3.63, 3.8) is 0 Å². The number of hydrogen-bond donors (Lipinski definition) is 0. The van der Waals surface area contributed by atoms with Crippen LogP contribution in [0, 0.1) is 6.92 Å². The second kappa shape index (κ2) is 6.20. The molecule has 1 aromatic rings.